The molecule has 0 aliphatic rings. The van der Waals surface area contributed by atoms with Crippen LogP contribution in [0, 0.1) is 6.92 Å². The van der Waals surface area contributed by atoms with Crippen LogP contribution >= 0.6 is 11.6 Å². The Morgan fingerprint density at radius 2 is 2.05 bits per heavy atom. The number of aromatic nitrogens is 4. The highest BCUT2D eigenvalue weighted by atomic mass is 35.5. The van der Waals surface area contributed by atoms with Crippen molar-refractivity contribution in [2.75, 3.05) is 5.32 Å². The number of carbonyl (C=O) groups excluding carboxylic acids is 2. The summed E-state index contributed by atoms with van der Waals surface area (Å²) in [6.07, 6.45) is 3.11. The first-order chi connectivity index (χ1) is 9.90. The van der Waals surface area contributed by atoms with Crippen molar-refractivity contribution in [1.82, 2.24) is 19.6 Å². The van der Waals surface area contributed by atoms with Crippen molar-refractivity contribution in [3.63, 3.8) is 0 Å². The van der Waals surface area contributed by atoms with Crippen LogP contribution in [0.2, 0.25) is 5.02 Å². The number of hydrogen-bond donors (Lipinski definition) is 2. The van der Waals surface area contributed by atoms with Crippen LogP contribution in [0.5, 0.6) is 0 Å². The van der Waals surface area contributed by atoms with Gasteiger partial charge < -0.3 is 11.1 Å². The van der Waals surface area contributed by atoms with Crippen molar-refractivity contribution in [2.45, 2.75) is 26.9 Å². The molecule has 0 aromatic carbocycles. The first kappa shape index (κ1) is 15.0. The van der Waals surface area contributed by atoms with Gasteiger partial charge in [-0.25, -0.2) is 0 Å². The van der Waals surface area contributed by atoms with Gasteiger partial charge in [-0.2, -0.15) is 10.2 Å². The van der Waals surface area contributed by atoms with E-state index in [1.165, 1.54) is 9.36 Å². The Balaban J connectivity index is 2.12. The van der Waals surface area contributed by atoms with Crippen LogP contribution in [0.15, 0.2) is 12.4 Å². The summed E-state index contributed by atoms with van der Waals surface area (Å²) >= 11 is 5.87. The zero-order valence-corrected chi connectivity index (χ0v) is 12.4. The van der Waals surface area contributed by atoms with Gasteiger partial charge in [-0.05, 0) is 13.8 Å². The van der Waals surface area contributed by atoms with E-state index in [0.717, 1.165) is 0 Å². The van der Waals surface area contributed by atoms with Gasteiger partial charge in [0.05, 0.1) is 16.4 Å². The second kappa shape index (κ2) is 5.96. The van der Waals surface area contributed by atoms with Gasteiger partial charge >= 0.3 is 0 Å². The molecule has 2 rings (SSSR count). The molecule has 0 spiro atoms. The van der Waals surface area contributed by atoms with E-state index >= 15 is 0 Å². The van der Waals surface area contributed by atoms with Crippen molar-refractivity contribution in [1.29, 1.82) is 0 Å². The van der Waals surface area contributed by atoms with Crippen molar-refractivity contribution >= 4 is 29.1 Å². The van der Waals surface area contributed by atoms with Gasteiger partial charge in [-0.1, -0.05) is 11.6 Å². The Kier molecular flexibility index (Phi) is 4.27. The molecule has 0 aliphatic carbocycles. The highest BCUT2D eigenvalue weighted by Gasteiger charge is 2.16. The van der Waals surface area contributed by atoms with Crippen LogP contribution in [0.1, 0.15) is 23.1 Å². The summed E-state index contributed by atoms with van der Waals surface area (Å²) in [6, 6.07) is 0. The number of carbonyl (C=O) groups is 2. The second-order valence-electron chi connectivity index (χ2n) is 4.42. The van der Waals surface area contributed by atoms with E-state index in [4.69, 9.17) is 17.3 Å². The maximum Gasteiger partial charge on any atom is 0.271 e. The van der Waals surface area contributed by atoms with E-state index in [2.05, 4.69) is 15.5 Å². The van der Waals surface area contributed by atoms with Crippen molar-refractivity contribution in [2.24, 2.45) is 5.73 Å². The summed E-state index contributed by atoms with van der Waals surface area (Å²) in [6.45, 7) is 4.14. The number of primary amides is 1. The summed E-state index contributed by atoms with van der Waals surface area (Å²) in [7, 11) is 0. The average Bonchev–Trinajstić information content (AvgIpc) is 2.93. The van der Waals surface area contributed by atoms with Crippen molar-refractivity contribution in [3.05, 3.63) is 28.8 Å². The molecule has 2 heterocycles. The zero-order valence-electron chi connectivity index (χ0n) is 11.6. The number of amides is 2. The molecule has 0 unspecified atom stereocenters. The van der Waals surface area contributed by atoms with Crippen molar-refractivity contribution < 1.29 is 9.59 Å². The molecule has 2 aromatic heterocycles. The van der Waals surface area contributed by atoms with Gasteiger partial charge in [-0.15, -0.1) is 0 Å². The number of hydrogen-bond acceptors (Lipinski definition) is 4. The Bertz CT molecular complexity index is 670. The molecular formula is C12H15ClN6O2. The Hall–Kier alpha value is -2.35. The van der Waals surface area contributed by atoms with Crippen LogP contribution in [0.4, 0.5) is 5.69 Å². The summed E-state index contributed by atoms with van der Waals surface area (Å²) in [5.74, 6) is -1.05. The molecule has 3 N–H and O–H groups in total. The molecule has 21 heavy (non-hydrogen) atoms. The summed E-state index contributed by atoms with van der Waals surface area (Å²) in [5.41, 5.74) is 6.18. The predicted octanol–water partition coefficient (Wildman–Crippen LogP) is 0.799. The second-order valence-corrected chi connectivity index (χ2v) is 4.83. The third-order valence-electron chi connectivity index (χ3n) is 2.79. The van der Waals surface area contributed by atoms with E-state index in [-0.39, 0.29) is 23.8 Å². The molecule has 0 aliphatic heterocycles. The molecular weight excluding hydrogens is 296 g/mol. The third-order valence-corrected chi connectivity index (χ3v) is 3.16. The molecule has 0 atom stereocenters. The molecule has 0 radical (unpaired) electrons. The fourth-order valence-corrected chi connectivity index (χ4v) is 1.92. The van der Waals surface area contributed by atoms with E-state index in [1.54, 1.807) is 19.3 Å². The zero-order chi connectivity index (χ0) is 15.6. The molecule has 0 saturated carbocycles. The SMILES string of the molecule is CCn1cc(NC(=O)Cn2cc(Cl)c(C)n2)c(C(N)=O)n1. The molecule has 2 amide bonds. The van der Waals surface area contributed by atoms with E-state index in [0.29, 0.717) is 17.3 Å². The van der Waals surface area contributed by atoms with Gasteiger partial charge in [-0.3, -0.25) is 19.0 Å². The minimum Gasteiger partial charge on any atom is -0.364 e. The van der Waals surface area contributed by atoms with Gasteiger partial charge in [0.15, 0.2) is 5.69 Å². The van der Waals surface area contributed by atoms with Crippen LogP contribution in [-0.4, -0.2) is 31.4 Å². The molecule has 0 fully saturated rings. The normalized spacial score (nSPS) is 10.6. The number of nitrogens with zero attached hydrogens (tertiary/aromatic N) is 4. The van der Waals surface area contributed by atoms with E-state index in [9.17, 15) is 9.59 Å². The number of anilines is 1. The predicted molar refractivity (Wildman–Crippen MR) is 77.0 cm³/mol. The van der Waals surface area contributed by atoms with Gasteiger partial charge in [0.25, 0.3) is 5.91 Å². The molecule has 8 nitrogen and oxygen atoms in total. The van der Waals surface area contributed by atoms with Gasteiger partial charge in [0, 0.05) is 18.9 Å². The highest BCUT2D eigenvalue weighted by molar-refractivity contribution is 6.31. The Labute approximate surface area is 125 Å². The molecule has 0 bridgehead atoms. The first-order valence-electron chi connectivity index (χ1n) is 6.27. The minimum atomic E-state index is -0.699. The number of nitrogens with one attached hydrogen (secondary N) is 1. The summed E-state index contributed by atoms with van der Waals surface area (Å²) in [4.78, 5) is 23.3. The number of rotatable bonds is 5. The minimum absolute atomic E-state index is 0.0247. The first-order valence-corrected chi connectivity index (χ1v) is 6.65. The maximum absolute atomic E-state index is 12.0. The summed E-state index contributed by atoms with van der Waals surface area (Å²) < 4.78 is 2.94. The molecule has 2 aromatic rings. The standard InChI is InChI=1S/C12H15ClN6O2/c1-3-18-5-9(11(17-18)12(14)21)15-10(20)6-19-4-8(13)7(2)16-19/h4-5H,3,6H2,1-2H3,(H2,14,21)(H,15,20). The van der Waals surface area contributed by atoms with Crippen LogP contribution in [0.3, 0.4) is 0 Å². The lowest BCUT2D eigenvalue weighted by Gasteiger charge is -2.03. The van der Waals surface area contributed by atoms with Crippen molar-refractivity contribution in [3.8, 4) is 0 Å². The largest absolute Gasteiger partial charge is 0.364 e. The lowest BCUT2D eigenvalue weighted by Crippen LogP contribution is -2.21. The monoisotopic (exact) mass is 310 g/mol. The smallest absolute Gasteiger partial charge is 0.271 e. The van der Waals surface area contributed by atoms with Crippen LogP contribution in [-0.2, 0) is 17.9 Å². The van der Waals surface area contributed by atoms with Gasteiger partial charge in [0.1, 0.15) is 6.54 Å². The van der Waals surface area contributed by atoms with E-state index in [1.807, 2.05) is 6.92 Å². The quantitative estimate of drug-likeness (QED) is 0.851. The lowest BCUT2D eigenvalue weighted by molar-refractivity contribution is -0.116. The fraction of sp³-hybridized carbons (Fsp3) is 0.333. The molecule has 0 saturated heterocycles. The Morgan fingerprint density at radius 1 is 1.33 bits per heavy atom. The number of nitrogens with two attached hydrogens (primary N) is 1. The third kappa shape index (κ3) is 3.40. The lowest BCUT2D eigenvalue weighted by atomic mass is 10.3. The maximum atomic E-state index is 12.0. The molecule has 9 heteroatoms. The number of halogens is 1. The van der Waals surface area contributed by atoms with Gasteiger partial charge in [0.2, 0.25) is 5.91 Å². The Morgan fingerprint density at radius 3 is 2.57 bits per heavy atom. The highest BCUT2D eigenvalue weighted by Crippen LogP contribution is 2.14. The number of aryl methyl sites for hydroxylation is 2. The van der Waals surface area contributed by atoms with E-state index < -0.39 is 5.91 Å². The topological polar surface area (TPSA) is 108 Å². The fourth-order valence-electron chi connectivity index (χ4n) is 1.77. The van der Waals surface area contributed by atoms with Crippen LogP contribution < -0.4 is 11.1 Å². The summed E-state index contributed by atoms with van der Waals surface area (Å²) in [5, 5.41) is 11.2. The average molecular weight is 311 g/mol. The molecule has 112 valence electrons. The van der Waals surface area contributed by atoms with Crippen LogP contribution in [0.25, 0.3) is 0 Å².